The molecular formula is C26H32N4O4. The highest BCUT2D eigenvalue weighted by atomic mass is 16.5. The molecule has 0 amide bonds. The lowest BCUT2D eigenvalue weighted by Gasteiger charge is -2.33. The first-order valence-electron chi connectivity index (χ1n) is 11.6. The molecule has 8 heteroatoms. The summed E-state index contributed by atoms with van der Waals surface area (Å²) in [7, 11) is 4.89. The highest BCUT2D eigenvalue weighted by molar-refractivity contribution is 5.95. The Hall–Kier alpha value is -3.39. The summed E-state index contributed by atoms with van der Waals surface area (Å²) < 4.78 is 12.1. The summed E-state index contributed by atoms with van der Waals surface area (Å²) in [4.78, 5) is 32.8. The molecule has 2 heterocycles. The molecular weight excluding hydrogens is 432 g/mol. The average Bonchev–Trinajstić information content (AvgIpc) is 2.86. The van der Waals surface area contributed by atoms with Crippen molar-refractivity contribution < 1.29 is 14.3 Å². The van der Waals surface area contributed by atoms with E-state index in [-0.39, 0.29) is 17.7 Å². The fraction of sp³-hybridized carbons (Fsp3) is 0.423. The zero-order chi connectivity index (χ0) is 24.4. The maximum absolute atomic E-state index is 13.4. The lowest BCUT2D eigenvalue weighted by molar-refractivity contribution is 0.0601. The maximum atomic E-state index is 13.4. The van der Waals surface area contributed by atoms with Crippen molar-refractivity contribution in [3.05, 3.63) is 63.4 Å². The number of nitrogens with zero attached hydrogens (tertiary/aromatic N) is 3. The molecule has 4 rings (SSSR count). The van der Waals surface area contributed by atoms with Gasteiger partial charge in [-0.2, -0.15) is 0 Å². The number of para-hydroxylation sites is 1. The Morgan fingerprint density at radius 2 is 1.88 bits per heavy atom. The molecule has 180 valence electrons. The van der Waals surface area contributed by atoms with Crippen LogP contribution in [-0.4, -0.2) is 48.9 Å². The molecule has 2 aromatic carbocycles. The third kappa shape index (κ3) is 4.50. The van der Waals surface area contributed by atoms with Crippen LogP contribution in [0.25, 0.3) is 10.9 Å². The number of carbonyl (C=O) groups excluding carboxylic acids is 1. The van der Waals surface area contributed by atoms with Crippen LogP contribution < -0.4 is 15.8 Å². The van der Waals surface area contributed by atoms with Crippen LogP contribution in [0.3, 0.4) is 0 Å². The summed E-state index contributed by atoms with van der Waals surface area (Å²) in [6.45, 7) is 5.55. The van der Waals surface area contributed by atoms with Gasteiger partial charge < -0.3 is 19.7 Å². The number of hydrogen-bond donors (Lipinski definition) is 1. The predicted molar refractivity (Wildman–Crippen MR) is 134 cm³/mol. The van der Waals surface area contributed by atoms with Crippen molar-refractivity contribution in [3.63, 3.8) is 0 Å². The van der Waals surface area contributed by atoms with Gasteiger partial charge in [-0.05, 0) is 50.5 Å². The molecule has 1 aromatic heterocycles. The van der Waals surface area contributed by atoms with Gasteiger partial charge in [-0.15, -0.1) is 0 Å². The lowest BCUT2D eigenvalue weighted by Crippen LogP contribution is -2.40. The van der Waals surface area contributed by atoms with Crippen LogP contribution in [0.1, 0.15) is 47.3 Å². The van der Waals surface area contributed by atoms with Crippen molar-refractivity contribution in [2.75, 3.05) is 37.5 Å². The quantitative estimate of drug-likeness (QED) is 0.555. The summed E-state index contributed by atoms with van der Waals surface area (Å²) in [5.41, 5.74) is 3.61. The van der Waals surface area contributed by atoms with Gasteiger partial charge in [-0.3, -0.25) is 9.36 Å². The van der Waals surface area contributed by atoms with Gasteiger partial charge in [0, 0.05) is 38.5 Å². The number of carbonyl (C=O) groups is 1. The van der Waals surface area contributed by atoms with Crippen LogP contribution in [-0.2, 0) is 16.5 Å². The maximum Gasteiger partial charge on any atom is 0.339 e. The first-order chi connectivity index (χ1) is 16.3. The Morgan fingerprint density at radius 3 is 2.56 bits per heavy atom. The van der Waals surface area contributed by atoms with Gasteiger partial charge >= 0.3 is 5.97 Å². The number of anilines is 2. The molecule has 1 saturated heterocycles. The Bertz CT molecular complexity index is 1260. The van der Waals surface area contributed by atoms with Gasteiger partial charge in [0.2, 0.25) is 5.95 Å². The number of aromatic nitrogens is 2. The Morgan fingerprint density at radius 1 is 1.18 bits per heavy atom. The lowest BCUT2D eigenvalue weighted by atomic mass is 10.0. The van der Waals surface area contributed by atoms with Gasteiger partial charge in [-0.25, -0.2) is 9.78 Å². The van der Waals surface area contributed by atoms with E-state index in [0.717, 1.165) is 37.1 Å². The van der Waals surface area contributed by atoms with Gasteiger partial charge in [0.25, 0.3) is 5.56 Å². The first-order valence-corrected chi connectivity index (χ1v) is 11.6. The van der Waals surface area contributed by atoms with E-state index in [1.54, 1.807) is 30.9 Å². The topological polar surface area (TPSA) is 85.7 Å². The number of nitrogens with one attached hydrogen (secondary N) is 1. The molecule has 8 nitrogen and oxygen atoms in total. The summed E-state index contributed by atoms with van der Waals surface area (Å²) >= 11 is 0. The van der Waals surface area contributed by atoms with Crippen molar-refractivity contribution in [3.8, 4) is 0 Å². The van der Waals surface area contributed by atoms with Crippen molar-refractivity contribution in [1.82, 2.24) is 9.55 Å². The van der Waals surface area contributed by atoms with Crippen molar-refractivity contribution in [2.45, 2.75) is 38.8 Å². The summed E-state index contributed by atoms with van der Waals surface area (Å²) in [5.74, 6) is 0.262. The standard InChI is InChI=1S/C26H32N4O4/c1-16-14-20(17(2)27-22-9-7-6-8-19(22)25(32)34-5)23-21(15-16)24(31)29(3)26(28-23)30-12-10-18(33-4)11-13-30/h6-9,14-15,17-18,27H,10-13H2,1-5H3. The van der Waals surface area contributed by atoms with Crippen LogP contribution in [0.4, 0.5) is 11.6 Å². The van der Waals surface area contributed by atoms with Crippen LogP contribution in [0.15, 0.2) is 41.2 Å². The molecule has 0 radical (unpaired) electrons. The number of hydrogen-bond acceptors (Lipinski definition) is 7. The number of esters is 1. The molecule has 1 atom stereocenters. The van der Waals surface area contributed by atoms with E-state index in [0.29, 0.717) is 28.1 Å². The van der Waals surface area contributed by atoms with Gasteiger partial charge in [0.05, 0.1) is 35.7 Å². The SMILES string of the molecule is COC(=O)c1ccccc1NC(C)c1cc(C)cc2c(=O)n(C)c(N3CCC(OC)CC3)nc12. The minimum absolute atomic E-state index is 0.0685. The van der Waals surface area contributed by atoms with Gasteiger partial charge in [0.1, 0.15) is 0 Å². The van der Waals surface area contributed by atoms with E-state index < -0.39 is 5.97 Å². The molecule has 0 spiro atoms. The number of aryl methyl sites for hydroxylation is 1. The second-order valence-electron chi connectivity index (χ2n) is 8.85. The molecule has 34 heavy (non-hydrogen) atoms. The van der Waals surface area contributed by atoms with Crippen LogP contribution >= 0.6 is 0 Å². The normalized spacial score (nSPS) is 15.4. The molecule has 0 aliphatic carbocycles. The number of rotatable bonds is 6. The molecule has 0 saturated carbocycles. The second kappa shape index (κ2) is 9.85. The van der Waals surface area contributed by atoms with Crippen molar-refractivity contribution >= 4 is 28.5 Å². The summed E-state index contributed by atoms with van der Waals surface area (Å²) in [5, 5.41) is 4.01. The number of methoxy groups -OCH3 is 2. The number of piperidine rings is 1. The first kappa shape index (κ1) is 23.8. The second-order valence-corrected chi connectivity index (χ2v) is 8.85. The monoisotopic (exact) mass is 464 g/mol. The van der Waals surface area contributed by atoms with E-state index in [1.165, 1.54) is 7.11 Å². The summed E-state index contributed by atoms with van der Waals surface area (Å²) in [6, 6.07) is 11.0. The Kier molecular flexibility index (Phi) is 6.88. The largest absolute Gasteiger partial charge is 0.465 e. The molecule has 1 aliphatic heterocycles. The minimum Gasteiger partial charge on any atom is -0.465 e. The van der Waals surface area contributed by atoms with E-state index in [4.69, 9.17) is 14.5 Å². The zero-order valence-electron chi connectivity index (χ0n) is 20.4. The van der Waals surface area contributed by atoms with Crippen molar-refractivity contribution in [2.24, 2.45) is 7.05 Å². The highest BCUT2D eigenvalue weighted by Gasteiger charge is 2.24. The van der Waals surface area contributed by atoms with E-state index >= 15 is 0 Å². The average molecular weight is 465 g/mol. The van der Waals surface area contributed by atoms with E-state index in [1.807, 2.05) is 38.1 Å². The smallest absolute Gasteiger partial charge is 0.339 e. The third-order valence-electron chi connectivity index (χ3n) is 6.56. The van der Waals surface area contributed by atoms with E-state index in [2.05, 4.69) is 10.2 Å². The number of fused-ring (bicyclic) bond motifs is 1. The van der Waals surface area contributed by atoms with Crippen LogP contribution in [0.2, 0.25) is 0 Å². The summed E-state index contributed by atoms with van der Waals surface area (Å²) in [6.07, 6.45) is 2.03. The minimum atomic E-state index is -0.404. The third-order valence-corrected chi connectivity index (χ3v) is 6.56. The molecule has 1 N–H and O–H groups in total. The fourth-order valence-corrected chi connectivity index (χ4v) is 4.65. The molecule has 0 bridgehead atoms. The van der Waals surface area contributed by atoms with Crippen LogP contribution in [0.5, 0.6) is 0 Å². The van der Waals surface area contributed by atoms with E-state index in [9.17, 15) is 9.59 Å². The van der Waals surface area contributed by atoms with Gasteiger partial charge in [0.15, 0.2) is 0 Å². The molecule has 1 aliphatic rings. The van der Waals surface area contributed by atoms with Crippen molar-refractivity contribution in [1.29, 1.82) is 0 Å². The fourth-order valence-electron chi connectivity index (χ4n) is 4.65. The Labute approximate surface area is 199 Å². The highest BCUT2D eigenvalue weighted by Crippen LogP contribution is 2.29. The van der Waals surface area contributed by atoms with Gasteiger partial charge in [-0.1, -0.05) is 18.2 Å². The molecule has 1 fully saturated rings. The molecule has 3 aromatic rings. The molecule has 1 unspecified atom stereocenters. The number of benzene rings is 2. The number of ether oxygens (including phenoxy) is 2. The van der Waals surface area contributed by atoms with Crippen LogP contribution in [0, 0.1) is 6.92 Å². The predicted octanol–water partition coefficient (Wildman–Crippen LogP) is 3.82. The Balaban J connectivity index is 1.77. The zero-order valence-corrected chi connectivity index (χ0v) is 20.4.